The number of aliphatic carboxylic acids is 1. The number of carboxylic acid groups (broad SMARTS) is 1. The number of hydrogen-bond donors (Lipinski definition) is 1. The van der Waals surface area contributed by atoms with Crippen molar-refractivity contribution in [3.05, 3.63) is 35.9 Å². The highest BCUT2D eigenvalue weighted by Crippen LogP contribution is 2.23. The van der Waals surface area contributed by atoms with Gasteiger partial charge in [-0.2, -0.15) is 4.31 Å². The zero-order valence-corrected chi connectivity index (χ0v) is 11.4. The topological polar surface area (TPSA) is 74.7 Å². The summed E-state index contributed by atoms with van der Waals surface area (Å²) in [5.41, 5.74) is 0.821. The summed E-state index contributed by atoms with van der Waals surface area (Å²) < 4.78 is 25.2. The number of carbonyl (C=O) groups is 1. The van der Waals surface area contributed by atoms with E-state index in [1.807, 2.05) is 30.3 Å². The summed E-state index contributed by atoms with van der Waals surface area (Å²) in [5.74, 6) is -1.35. The number of benzene rings is 1. The third-order valence-electron chi connectivity index (χ3n) is 3.02. The van der Waals surface area contributed by atoms with E-state index in [1.165, 1.54) is 14.0 Å². The fourth-order valence-corrected chi connectivity index (χ4v) is 2.85. The average molecular weight is 271 g/mol. The molecule has 0 aromatic heterocycles. The Morgan fingerprint density at radius 2 is 1.72 bits per heavy atom. The van der Waals surface area contributed by atoms with Crippen LogP contribution in [0.1, 0.15) is 25.5 Å². The highest BCUT2D eigenvalue weighted by atomic mass is 32.2. The smallest absolute Gasteiger partial charge is 0.323 e. The van der Waals surface area contributed by atoms with Crippen molar-refractivity contribution in [2.24, 2.45) is 0 Å². The summed E-state index contributed by atoms with van der Waals surface area (Å²) in [7, 11) is -2.46. The summed E-state index contributed by atoms with van der Waals surface area (Å²) in [6.07, 6.45) is 0. The Morgan fingerprint density at radius 3 is 2.17 bits per heavy atom. The molecular formula is C12H17NO4S. The second-order valence-electron chi connectivity index (χ2n) is 4.13. The van der Waals surface area contributed by atoms with Gasteiger partial charge in [-0.3, -0.25) is 4.79 Å². The Morgan fingerprint density at radius 1 is 1.22 bits per heavy atom. The van der Waals surface area contributed by atoms with Crippen molar-refractivity contribution in [2.75, 3.05) is 7.05 Å². The van der Waals surface area contributed by atoms with Crippen LogP contribution in [0.25, 0.3) is 0 Å². The van der Waals surface area contributed by atoms with E-state index in [2.05, 4.69) is 0 Å². The maximum Gasteiger partial charge on any atom is 0.323 e. The molecule has 18 heavy (non-hydrogen) atoms. The van der Waals surface area contributed by atoms with Gasteiger partial charge in [-0.15, -0.1) is 0 Å². The third kappa shape index (κ3) is 2.88. The van der Waals surface area contributed by atoms with Crippen LogP contribution in [0.4, 0.5) is 0 Å². The molecule has 0 heterocycles. The largest absolute Gasteiger partial charge is 0.480 e. The molecule has 0 aliphatic carbocycles. The lowest BCUT2D eigenvalue weighted by molar-refractivity contribution is -0.136. The van der Waals surface area contributed by atoms with E-state index in [9.17, 15) is 13.2 Å². The molecule has 0 aliphatic heterocycles. The first-order valence-corrected chi connectivity index (χ1v) is 7.03. The Kier molecular flexibility index (Phi) is 4.48. The summed E-state index contributed by atoms with van der Waals surface area (Å²) in [6.45, 7) is 2.90. The molecule has 0 fully saturated rings. The summed E-state index contributed by atoms with van der Waals surface area (Å²) >= 11 is 0. The van der Waals surface area contributed by atoms with Crippen LogP contribution < -0.4 is 0 Å². The highest BCUT2D eigenvalue weighted by molar-refractivity contribution is 7.90. The minimum Gasteiger partial charge on any atom is -0.480 e. The Balaban J connectivity index is 3.01. The molecule has 0 saturated heterocycles. The van der Waals surface area contributed by atoms with Gasteiger partial charge in [0, 0.05) is 13.1 Å². The van der Waals surface area contributed by atoms with E-state index < -0.39 is 27.3 Å². The van der Waals surface area contributed by atoms with Crippen molar-refractivity contribution in [3.63, 3.8) is 0 Å². The second kappa shape index (κ2) is 5.49. The van der Waals surface area contributed by atoms with Crippen molar-refractivity contribution in [3.8, 4) is 0 Å². The van der Waals surface area contributed by atoms with Gasteiger partial charge >= 0.3 is 5.97 Å². The van der Waals surface area contributed by atoms with Gasteiger partial charge in [-0.05, 0) is 19.4 Å². The maximum atomic E-state index is 12.0. The van der Waals surface area contributed by atoms with E-state index in [4.69, 9.17) is 5.11 Å². The van der Waals surface area contributed by atoms with Crippen molar-refractivity contribution in [1.82, 2.24) is 4.31 Å². The van der Waals surface area contributed by atoms with Gasteiger partial charge in [-0.1, -0.05) is 30.3 Å². The van der Waals surface area contributed by atoms with Gasteiger partial charge in [0.2, 0.25) is 10.0 Å². The fourth-order valence-electron chi connectivity index (χ4n) is 1.54. The minimum atomic E-state index is -3.85. The first-order chi connectivity index (χ1) is 8.28. The minimum absolute atomic E-state index is 0.405. The van der Waals surface area contributed by atoms with Crippen LogP contribution in [-0.4, -0.2) is 36.1 Å². The normalized spacial score (nSPS) is 15.3. The zero-order chi connectivity index (χ0) is 13.9. The lowest BCUT2D eigenvalue weighted by Crippen LogP contribution is -2.40. The number of sulfonamides is 1. The molecule has 0 aliphatic rings. The number of hydrogen-bond acceptors (Lipinski definition) is 3. The second-order valence-corrected chi connectivity index (χ2v) is 6.44. The van der Waals surface area contributed by atoms with Gasteiger partial charge in [0.25, 0.3) is 0 Å². The molecule has 6 heteroatoms. The molecule has 0 spiro atoms. The maximum absolute atomic E-state index is 12.0. The number of rotatable bonds is 5. The van der Waals surface area contributed by atoms with Crippen LogP contribution >= 0.6 is 0 Å². The first-order valence-electron chi connectivity index (χ1n) is 5.53. The van der Waals surface area contributed by atoms with Crippen LogP contribution in [0.15, 0.2) is 30.3 Å². The lowest BCUT2D eigenvalue weighted by atomic mass is 10.1. The molecule has 2 unspecified atom stereocenters. The standard InChI is InChI=1S/C12H17NO4S/c1-9(11-7-5-4-6-8-11)13(3)18(16,17)10(2)12(14)15/h4-10H,1-3H3,(H,14,15). The highest BCUT2D eigenvalue weighted by Gasteiger charge is 2.34. The van der Waals surface area contributed by atoms with E-state index in [0.717, 1.165) is 9.87 Å². The van der Waals surface area contributed by atoms with Crippen LogP contribution in [0.5, 0.6) is 0 Å². The van der Waals surface area contributed by atoms with E-state index in [0.29, 0.717) is 0 Å². The van der Waals surface area contributed by atoms with Gasteiger partial charge in [-0.25, -0.2) is 8.42 Å². The van der Waals surface area contributed by atoms with Crippen molar-refractivity contribution in [1.29, 1.82) is 0 Å². The molecule has 0 bridgehead atoms. The molecule has 1 aromatic rings. The van der Waals surface area contributed by atoms with Crippen molar-refractivity contribution < 1.29 is 18.3 Å². The van der Waals surface area contributed by atoms with Crippen LogP contribution in [0, 0.1) is 0 Å². The Labute approximate surface area is 107 Å². The van der Waals surface area contributed by atoms with Crippen molar-refractivity contribution in [2.45, 2.75) is 25.1 Å². The molecule has 0 saturated carbocycles. The first kappa shape index (κ1) is 14.7. The molecule has 1 rings (SSSR count). The quantitative estimate of drug-likeness (QED) is 0.880. The SMILES string of the molecule is CC(c1ccccc1)N(C)S(=O)(=O)C(C)C(=O)O. The van der Waals surface area contributed by atoms with Gasteiger partial charge < -0.3 is 5.11 Å². The van der Waals surface area contributed by atoms with Gasteiger partial charge in [0.05, 0.1) is 0 Å². The average Bonchev–Trinajstić information content (AvgIpc) is 2.36. The van der Waals surface area contributed by atoms with E-state index in [1.54, 1.807) is 6.92 Å². The predicted octanol–water partition coefficient (Wildman–Crippen LogP) is 1.48. The molecule has 100 valence electrons. The molecule has 5 nitrogen and oxygen atoms in total. The van der Waals surface area contributed by atoms with Crippen LogP contribution in [-0.2, 0) is 14.8 Å². The summed E-state index contributed by atoms with van der Waals surface area (Å²) in [5, 5.41) is 7.36. The van der Waals surface area contributed by atoms with Crippen LogP contribution in [0.2, 0.25) is 0 Å². The fraction of sp³-hybridized carbons (Fsp3) is 0.417. The molecule has 2 atom stereocenters. The molecule has 1 aromatic carbocycles. The van der Waals surface area contributed by atoms with Gasteiger partial charge in [0.1, 0.15) is 0 Å². The van der Waals surface area contributed by atoms with Crippen LogP contribution in [0.3, 0.4) is 0 Å². The van der Waals surface area contributed by atoms with E-state index >= 15 is 0 Å². The number of nitrogens with zero attached hydrogens (tertiary/aromatic N) is 1. The Hall–Kier alpha value is -1.40. The number of carboxylic acids is 1. The molecular weight excluding hydrogens is 254 g/mol. The Bertz CT molecular complexity index is 512. The molecule has 1 N–H and O–H groups in total. The zero-order valence-electron chi connectivity index (χ0n) is 10.6. The van der Waals surface area contributed by atoms with E-state index in [-0.39, 0.29) is 0 Å². The summed E-state index contributed by atoms with van der Waals surface area (Å²) in [4.78, 5) is 10.8. The monoisotopic (exact) mass is 271 g/mol. The molecule has 0 amide bonds. The lowest BCUT2D eigenvalue weighted by Gasteiger charge is -2.26. The predicted molar refractivity (Wildman–Crippen MR) is 68.6 cm³/mol. The molecule has 0 radical (unpaired) electrons. The van der Waals surface area contributed by atoms with Crippen molar-refractivity contribution >= 4 is 16.0 Å². The third-order valence-corrected chi connectivity index (χ3v) is 5.24. The summed E-state index contributed by atoms with van der Waals surface area (Å²) in [6, 6.07) is 8.67. The van der Waals surface area contributed by atoms with Gasteiger partial charge in [0.15, 0.2) is 5.25 Å².